The minimum absolute atomic E-state index is 0.0608. The Morgan fingerprint density at radius 1 is 1.12 bits per heavy atom. The standard InChI is InChI=1S/C32H30Cl3NO5/c1-17(19(3)31(37)38)7-8-18(2)21-14-32(39,15-21)24-12-11-22(13-27(24)35)40-16-23-29(36-41-30(23)20-9-10-20)28-25(33)5-4-6-26(28)34/h4-8,11-13,20-21,39H,2,9-10,14-16H2,1,3H3,(H,37,38)/b8-7-,19-17+/t21-,32+. The molecule has 0 saturated heterocycles. The first kappa shape index (κ1) is 29.5. The molecule has 0 radical (unpaired) electrons. The van der Waals surface area contributed by atoms with Crippen molar-refractivity contribution >= 4 is 40.8 Å². The second-order valence-corrected chi connectivity index (χ2v) is 12.1. The number of halogens is 3. The van der Waals surface area contributed by atoms with Crippen molar-refractivity contribution in [2.45, 2.75) is 57.7 Å². The molecule has 214 valence electrons. The van der Waals surface area contributed by atoms with Gasteiger partial charge < -0.3 is 19.5 Å². The van der Waals surface area contributed by atoms with Gasteiger partial charge in [0.1, 0.15) is 23.8 Å². The second kappa shape index (κ2) is 11.7. The monoisotopic (exact) mass is 613 g/mol. The molecule has 6 nitrogen and oxygen atoms in total. The molecule has 3 aromatic rings. The molecule has 0 unspecified atom stereocenters. The highest BCUT2D eigenvalue weighted by molar-refractivity contribution is 6.39. The molecule has 0 spiro atoms. The Hall–Kier alpha value is -3.03. The van der Waals surface area contributed by atoms with E-state index in [0.717, 1.165) is 29.7 Å². The lowest BCUT2D eigenvalue weighted by atomic mass is 9.65. The van der Waals surface area contributed by atoms with Gasteiger partial charge >= 0.3 is 5.97 Å². The molecule has 1 heterocycles. The average molecular weight is 615 g/mol. The minimum Gasteiger partial charge on any atom is -0.489 e. The molecule has 2 N–H and O–H groups in total. The maximum Gasteiger partial charge on any atom is 0.331 e. The Morgan fingerprint density at radius 2 is 1.80 bits per heavy atom. The third kappa shape index (κ3) is 6.12. The van der Waals surface area contributed by atoms with Gasteiger partial charge in [0.15, 0.2) is 0 Å². The van der Waals surface area contributed by atoms with E-state index in [4.69, 9.17) is 49.2 Å². The molecule has 0 atom stereocenters. The highest BCUT2D eigenvalue weighted by Gasteiger charge is 2.45. The average Bonchev–Trinajstić information content (AvgIpc) is 3.68. The lowest BCUT2D eigenvalue weighted by Crippen LogP contribution is -2.41. The van der Waals surface area contributed by atoms with Crippen LogP contribution in [-0.2, 0) is 17.0 Å². The molecule has 41 heavy (non-hydrogen) atoms. The first-order valence-corrected chi connectivity index (χ1v) is 14.5. The SMILES string of the molecule is C=C(/C=C\C(C)=C(/C)C(=O)O)[C@H]1C[C@](O)(c2ccc(OCc3c(-c4c(Cl)cccc4Cl)noc3C3CC3)cc2Cl)C1. The summed E-state index contributed by atoms with van der Waals surface area (Å²) in [5, 5.41) is 26.1. The zero-order chi connectivity index (χ0) is 29.5. The summed E-state index contributed by atoms with van der Waals surface area (Å²) < 4.78 is 11.9. The van der Waals surface area contributed by atoms with Crippen LogP contribution in [0.4, 0.5) is 0 Å². The van der Waals surface area contributed by atoms with Crippen molar-refractivity contribution < 1.29 is 24.3 Å². The van der Waals surface area contributed by atoms with Gasteiger partial charge in [-0.1, -0.05) is 76.4 Å². The van der Waals surface area contributed by atoms with Crippen LogP contribution in [0, 0.1) is 5.92 Å². The van der Waals surface area contributed by atoms with E-state index >= 15 is 0 Å². The summed E-state index contributed by atoms with van der Waals surface area (Å²) in [6.45, 7) is 7.61. The summed E-state index contributed by atoms with van der Waals surface area (Å²) in [4.78, 5) is 11.1. The van der Waals surface area contributed by atoms with Crippen LogP contribution in [0.25, 0.3) is 11.3 Å². The van der Waals surface area contributed by atoms with Crippen LogP contribution in [0.2, 0.25) is 15.1 Å². The van der Waals surface area contributed by atoms with Gasteiger partial charge in [0, 0.05) is 22.6 Å². The Morgan fingerprint density at radius 3 is 2.41 bits per heavy atom. The second-order valence-electron chi connectivity index (χ2n) is 10.8. The summed E-state index contributed by atoms with van der Waals surface area (Å²) in [5.41, 5.74) is 3.30. The molecule has 0 aliphatic heterocycles. The molecular weight excluding hydrogens is 585 g/mol. The number of allylic oxidation sites excluding steroid dienone is 4. The molecular formula is C32H30Cl3NO5. The first-order valence-electron chi connectivity index (χ1n) is 13.3. The number of hydrogen-bond donors (Lipinski definition) is 2. The van der Waals surface area contributed by atoms with Crippen LogP contribution in [0.5, 0.6) is 5.75 Å². The third-order valence-corrected chi connectivity index (χ3v) is 8.89. The van der Waals surface area contributed by atoms with Gasteiger partial charge in [-0.2, -0.15) is 0 Å². The molecule has 0 amide bonds. The zero-order valence-electron chi connectivity index (χ0n) is 22.7. The molecule has 2 fully saturated rings. The van der Waals surface area contributed by atoms with Crippen LogP contribution >= 0.6 is 34.8 Å². The molecule has 5 rings (SSSR count). The fourth-order valence-electron chi connectivity index (χ4n) is 5.07. The maximum atomic E-state index is 11.3. The van der Waals surface area contributed by atoms with Gasteiger partial charge in [-0.3, -0.25) is 0 Å². The largest absolute Gasteiger partial charge is 0.489 e. The normalized spacial score (nSPS) is 21.0. The summed E-state index contributed by atoms with van der Waals surface area (Å²) in [6, 6.07) is 10.6. The molecule has 9 heteroatoms. The molecule has 2 saturated carbocycles. The minimum atomic E-state index is -1.08. The van der Waals surface area contributed by atoms with Crippen LogP contribution < -0.4 is 4.74 Å². The van der Waals surface area contributed by atoms with Crippen molar-refractivity contribution in [1.82, 2.24) is 5.16 Å². The van der Waals surface area contributed by atoms with Crippen LogP contribution in [-0.4, -0.2) is 21.3 Å². The molecule has 2 aliphatic carbocycles. The van der Waals surface area contributed by atoms with Crippen molar-refractivity contribution in [3.8, 4) is 17.0 Å². The van der Waals surface area contributed by atoms with Gasteiger partial charge in [0.25, 0.3) is 0 Å². The molecule has 1 aromatic heterocycles. The van der Waals surface area contributed by atoms with E-state index in [0.29, 0.717) is 62.0 Å². The lowest BCUT2D eigenvalue weighted by Gasteiger charge is -2.45. The summed E-state index contributed by atoms with van der Waals surface area (Å²) >= 11 is 19.6. The van der Waals surface area contributed by atoms with Crippen molar-refractivity contribution in [2.75, 3.05) is 0 Å². The third-order valence-electron chi connectivity index (χ3n) is 7.94. The van der Waals surface area contributed by atoms with E-state index in [1.165, 1.54) is 0 Å². The highest BCUT2D eigenvalue weighted by atomic mass is 35.5. The van der Waals surface area contributed by atoms with Gasteiger partial charge in [0.05, 0.1) is 26.2 Å². The summed E-state index contributed by atoms with van der Waals surface area (Å²) in [6.07, 6.45) is 6.54. The Balaban J connectivity index is 1.28. The van der Waals surface area contributed by atoms with Gasteiger partial charge in [0.2, 0.25) is 0 Å². The van der Waals surface area contributed by atoms with Crippen molar-refractivity contribution in [2.24, 2.45) is 5.92 Å². The quantitative estimate of drug-likeness (QED) is 0.175. The number of rotatable bonds is 10. The number of carboxylic acid groups (broad SMARTS) is 1. The number of aromatic nitrogens is 1. The predicted molar refractivity (Wildman–Crippen MR) is 161 cm³/mol. The van der Waals surface area contributed by atoms with Gasteiger partial charge in [-0.15, -0.1) is 0 Å². The topological polar surface area (TPSA) is 92.8 Å². The van der Waals surface area contributed by atoms with Gasteiger partial charge in [-0.05, 0) is 75.3 Å². The highest BCUT2D eigenvalue weighted by Crippen LogP contribution is 2.51. The van der Waals surface area contributed by atoms with E-state index in [1.54, 1.807) is 56.3 Å². The fraction of sp³-hybridized carbons (Fsp3) is 0.312. The van der Waals surface area contributed by atoms with Crippen LogP contribution in [0.1, 0.15) is 62.3 Å². The first-order chi connectivity index (χ1) is 19.5. The number of nitrogens with zero attached hydrogens (tertiary/aromatic N) is 1. The zero-order valence-corrected chi connectivity index (χ0v) is 25.0. The van der Waals surface area contributed by atoms with E-state index < -0.39 is 11.6 Å². The molecule has 0 bridgehead atoms. The number of ether oxygens (including phenoxy) is 1. The number of hydrogen-bond acceptors (Lipinski definition) is 5. The number of aliphatic hydroxyl groups is 1. The number of benzene rings is 2. The lowest BCUT2D eigenvalue weighted by molar-refractivity contribution is -0.132. The van der Waals surface area contributed by atoms with Crippen LogP contribution in [0.3, 0.4) is 0 Å². The maximum absolute atomic E-state index is 11.3. The summed E-state index contributed by atoms with van der Waals surface area (Å²) in [7, 11) is 0. The predicted octanol–water partition coefficient (Wildman–Crippen LogP) is 8.89. The number of carboxylic acids is 1. The Kier molecular flexibility index (Phi) is 8.40. The Labute approximate surface area is 253 Å². The van der Waals surface area contributed by atoms with Crippen LogP contribution in [0.15, 0.2) is 76.4 Å². The molecule has 2 aromatic carbocycles. The molecule has 2 aliphatic rings. The smallest absolute Gasteiger partial charge is 0.331 e. The number of aliphatic carboxylic acids is 1. The van der Waals surface area contributed by atoms with E-state index in [1.807, 2.05) is 6.08 Å². The van der Waals surface area contributed by atoms with Crippen molar-refractivity contribution in [3.05, 3.63) is 104 Å². The van der Waals surface area contributed by atoms with Crippen molar-refractivity contribution in [1.29, 1.82) is 0 Å². The van der Waals surface area contributed by atoms with E-state index in [2.05, 4.69) is 11.7 Å². The van der Waals surface area contributed by atoms with Gasteiger partial charge in [-0.25, -0.2) is 4.79 Å². The Bertz CT molecular complexity index is 1560. The van der Waals surface area contributed by atoms with E-state index in [9.17, 15) is 9.90 Å². The number of carbonyl (C=O) groups is 1. The summed E-state index contributed by atoms with van der Waals surface area (Å²) in [5.74, 6) is 0.736. The van der Waals surface area contributed by atoms with E-state index in [-0.39, 0.29) is 18.1 Å². The fourth-order valence-corrected chi connectivity index (χ4v) is 5.99. The van der Waals surface area contributed by atoms with Crippen molar-refractivity contribution in [3.63, 3.8) is 0 Å².